The molecule has 0 aromatic heterocycles. The van der Waals surface area contributed by atoms with Crippen molar-refractivity contribution in [2.45, 2.75) is 51.1 Å². The Morgan fingerprint density at radius 3 is 2.64 bits per heavy atom. The zero-order valence-corrected chi connectivity index (χ0v) is 9.10. The van der Waals surface area contributed by atoms with E-state index in [1.165, 1.54) is 6.42 Å². The quantitative estimate of drug-likeness (QED) is 0.693. The van der Waals surface area contributed by atoms with E-state index in [0.717, 1.165) is 25.8 Å². The fourth-order valence-electron chi connectivity index (χ4n) is 2.39. The van der Waals surface area contributed by atoms with Crippen LogP contribution in [0.25, 0.3) is 0 Å². The van der Waals surface area contributed by atoms with Gasteiger partial charge in [0.05, 0.1) is 6.04 Å². The predicted octanol–water partition coefficient (Wildman–Crippen LogP) is 1.04. The Hall–Kier alpha value is -0.570. The van der Waals surface area contributed by atoms with Crippen molar-refractivity contribution >= 4 is 5.91 Å². The van der Waals surface area contributed by atoms with Crippen molar-refractivity contribution in [2.24, 2.45) is 5.92 Å². The van der Waals surface area contributed by atoms with E-state index in [9.17, 15) is 4.79 Å². The number of hydrogen-bond acceptors (Lipinski definition) is 2. The molecular weight excluding hydrogens is 176 g/mol. The first-order valence-corrected chi connectivity index (χ1v) is 5.66. The van der Waals surface area contributed by atoms with Crippen LogP contribution in [0.4, 0.5) is 0 Å². The van der Waals surface area contributed by atoms with Crippen LogP contribution in [0, 0.1) is 5.92 Å². The summed E-state index contributed by atoms with van der Waals surface area (Å²) in [6.07, 6.45) is 4.65. The minimum absolute atomic E-state index is 0.0485. The first kappa shape index (κ1) is 9.97. The van der Waals surface area contributed by atoms with Crippen molar-refractivity contribution in [1.29, 1.82) is 0 Å². The van der Waals surface area contributed by atoms with Gasteiger partial charge in [0.2, 0.25) is 5.91 Å². The van der Waals surface area contributed by atoms with Gasteiger partial charge in [0.15, 0.2) is 0 Å². The first-order chi connectivity index (χ1) is 6.61. The largest absolute Gasteiger partial charge is 0.350 e. The molecule has 1 saturated carbocycles. The maximum absolute atomic E-state index is 11.9. The van der Waals surface area contributed by atoms with Gasteiger partial charge >= 0.3 is 0 Å². The van der Waals surface area contributed by atoms with E-state index in [-0.39, 0.29) is 17.5 Å². The van der Waals surface area contributed by atoms with Crippen molar-refractivity contribution in [3.8, 4) is 0 Å². The third kappa shape index (κ3) is 1.78. The highest BCUT2D eigenvalue weighted by atomic mass is 16.2. The summed E-state index contributed by atoms with van der Waals surface area (Å²) >= 11 is 0. The van der Waals surface area contributed by atoms with E-state index in [1.807, 2.05) is 0 Å². The van der Waals surface area contributed by atoms with Crippen LogP contribution in [-0.2, 0) is 4.79 Å². The Bertz CT molecular complexity index is 235. The van der Waals surface area contributed by atoms with E-state index in [0.29, 0.717) is 5.92 Å². The maximum Gasteiger partial charge on any atom is 0.237 e. The maximum atomic E-state index is 11.9. The summed E-state index contributed by atoms with van der Waals surface area (Å²) in [6, 6.07) is 0.0485. The van der Waals surface area contributed by atoms with Gasteiger partial charge in [0.25, 0.3) is 0 Å². The van der Waals surface area contributed by atoms with Crippen molar-refractivity contribution < 1.29 is 4.79 Å². The van der Waals surface area contributed by atoms with Gasteiger partial charge in [0, 0.05) is 5.54 Å². The lowest BCUT2D eigenvalue weighted by Gasteiger charge is -2.40. The van der Waals surface area contributed by atoms with Gasteiger partial charge in [-0.2, -0.15) is 0 Å². The van der Waals surface area contributed by atoms with Crippen LogP contribution < -0.4 is 10.6 Å². The van der Waals surface area contributed by atoms with Gasteiger partial charge in [-0.3, -0.25) is 4.79 Å². The average molecular weight is 196 g/mol. The molecule has 0 spiro atoms. The lowest BCUT2D eigenvalue weighted by molar-refractivity contribution is -0.126. The third-order valence-corrected chi connectivity index (χ3v) is 3.70. The molecule has 0 radical (unpaired) electrons. The highest BCUT2D eigenvalue weighted by Gasteiger charge is 2.37. The second-order valence-corrected chi connectivity index (χ2v) is 5.10. The molecule has 1 aliphatic carbocycles. The Kier molecular flexibility index (Phi) is 2.52. The van der Waals surface area contributed by atoms with Crippen molar-refractivity contribution in [3.63, 3.8) is 0 Å². The van der Waals surface area contributed by atoms with Crippen molar-refractivity contribution in [2.75, 3.05) is 6.54 Å². The Balaban J connectivity index is 1.88. The molecule has 14 heavy (non-hydrogen) atoms. The second-order valence-electron chi connectivity index (χ2n) is 5.10. The molecule has 2 aliphatic rings. The van der Waals surface area contributed by atoms with E-state index < -0.39 is 0 Å². The SMILES string of the molecule is CC1CCNC1C(=O)NC1(C)CCC1. The molecule has 0 aromatic carbocycles. The summed E-state index contributed by atoms with van der Waals surface area (Å²) in [5, 5.41) is 6.43. The minimum atomic E-state index is 0.0485. The van der Waals surface area contributed by atoms with Crippen LogP contribution in [0.1, 0.15) is 39.5 Å². The molecule has 2 N–H and O–H groups in total. The highest BCUT2D eigenvalue weighted by molar-refractivity contribution is 5.83. The standard InChI is InChI=1S/C11H20N2O/c1-8-4-7-12-9(8)10(14)13-11(2)5-3-6-11/h8-9,12H,3-7H2,1-2H3,(H,13,14). The van der Waals surface area contributed by atoms with Crippen LogP contribution in [-0.4, -0.2) is 24.0 Å². The number of carbonyl (C=O) groups excluding carboxylic acids is 1. The third-order valence-electron chi connectivity index (χ3n) is 3.70. The van der Waals surface area contributed by atoms with Gasteiger partial charge < -0.3 is 10.6 Å². The van der Waals surface area contributed by atoms with Gasteiger partial charge in [0.1, 0.15) is 0 Å². The molecule has 0 bridgehead atoms. The Morgan fingerprint density at radius 2 is 2.21 bits per heavy atom. The molecule has 3 nitrogen and oxygen atoms in total. The van der Waals surface area contributed by atoms with Crippen LogP contribution in [0.5, 0.6) is 0 Å². The summed E-state index contributed by atoms with van der Waals surface area (Å²) in [7, 11) is 0. The van der Waals surface area contributed by atoms with E-state index in [1.54, 1.807) is 0 Å². The molecule has 2 fully saturated rings. The number of nitrogens with one attached hydrogen (secondary N) is 2. The van der Waals surface area contributed by atoms with E-state index >= 15 is 0 Å². The van der Waals surface area contributed by atoms with Crippen LogP contribution in [0.3, 0.4) is 0 Å². The fraction of sp³-hybridized carbons (Fsp3) is 0.909. The zero-order chi connectivity index (χ0) is 10.2. The molecule has 2 atom stereocenters. The van der Waals surface area contributed by atoms with Gasteiger partial charge in [-0.1, -0.05) is 6.92 Å². The summed E-state index contributed by atoms with van der Waals surface area (Å²) in [6.45, 7) is 5.28. The molecule has 1 aliphatic heterocycles. The molecule has 3 heteroatoms. The molecule has 2 unspecified atom stereocenters. The van der Waals surface area contributed by atoms with E-state index in [4.69, 9.17) is 0 Å². The van der Waals surface area contributed by atoms with Crippen molar-refractivity contribution in [3.05, 3.63) is 0 Å². The minimum Gasteiger partial charge on any atom is -0.350 e. The summed E-state index contributed by atoms with van der Waals surface area (Å²) in [4.78, 5) is 11.9. The molecule has 80 valence electrons. The van der Waals surface area contributed by atoms with Crippen LogP contribution >= 0.6 is 0 Å². The number of hydrogen-bond donors (Lipinski definition) is 2. The molecule has 1 amide bonds. The average Bonchev–Trinajstić information content (AvgIpc) is 2.48. The van der Waals surface area contributed by atoms with E-state index in [2.05, 4.69) is 24.5 Å². The molecule has 1 saturated heterocycles. The highest BCUT2D eigenvalue weighted by Crippen LogP contribution is 2.31. The number of amides is 1. The topological polar surface area (TPSA) is 41.1 Å². The molecule has 2 rings (SSSR count). The van der Waals surface area contributed by atoms with Gasteiger partial charge in [-0.25, -0.2) is 0 Å². The Labute approximate surface area is 85.6 Å². The lowest BCUT2D eigenvalue weighted by Crippen LogP contribution is -2.56. The van der Waals surface area contributed by atoms with Crippen molar-refractivity contribution in [1.82, 2.24) is 10.6 Å². The normalized spacial score (nSPS) is 35.0. The predicted molar refractivity (Wildman–Crippen MR) is 56.0 cm³/mol. The molecule has 0 aromatic rings. The molecular formula is C11H20N2O. The number of carbonyl (C=O) groups is 1. The van der Waals surface area contributed by atoms with Crippen LogP contribution in [0.2, 0.25) is 0 Å². The zero-order valence-electron chi connectivity index (χ0n) is 9.10. The van der Waals surface area contributed by atoms with Gasteiger partial charge in [-0.05, 0) is 45.1 Å². The second kappa shape index (κ2) is 3.54. The monoisotopic (exact) mass is 196 g/mol. The molecule has 1 heterocycles. The summed E-state index contributed by atoms with van der Waals surface area (Å²) in [5.74, 6) is 0.691. The number of rotatable bonds is 2. The van der Waals surface area contributed by atoms with Gasteiger partial charge in [-0.15, -0.1) is 0 Å². The Morgan fingerprint density at radius 1 is 1.50 bits per heavy atom. The van der Waals surface area contributed by atoms with Crippen LogP contribution in [0.15, 0.2) is 0 Å². The summed E-state index contributed by atoms with van der Waals surface area (Å²) < 4.78 is 0. The summed E-state index contributed by atoms with van der Waals surface area (Å²) in [5.41, 5.74) is 0.0983. The smallest absolute Gasteiger partial charge is 0.237 e. The first-order valence-electron chi connectivity index (χ1n) is 5.66. The lowest BCUT2D eigenvalue weighted by atomic mass is 9.78. The fourth-order valence-corrected chi connectivity index (χ4v) is 2.39.